The number of hydrogen-bond donors (Lipinski definition) is 2. The first-order valence-electron chi connectivity index (χ1n) is 10.2. The number of aromatic nitrogens is 2. The lowest BCUT2D eigenvalue weighted by molar-refractivity contribution is 0.578. The summed E-state index contributed by atoms with van der Waals surface area (Å²) in [5.41, 5.74) is 2.94. The molecule has 2 aromatic carbocycles. The molecule has 0 saturated carbocycles. The van der Waals surface area contributed by atoms with Gasteiger partial charge in [-0.2, -0.15) is 4.98 Å². The second-order valence-corrected chi connectivity index (χ2v) is 7.25. The van der Waals surface area contributed by atoms with Crippen LogP contribution in [0.25, 0.3) is 0 Å². The first-order chi connectivity index (χ1) is 14.3. The molecule has 0 aliphatic carbocycles. The summed E-state index contributed by atoms with van der Waals surface area (Å²) < 4.78 is 13.7. The zero-order valence-corrected chi connectivity index (χ0v) is 16.4. The molecule has 5 nitrogen and oxygen atoms in total. The predicted octanol–water partition coefficient (Wildman–Crippen LogP) is 5.00. The summed E-state index contributed by atoms with van der Waals surface area (Å²) in [6.07, 6.45) is 6.16. The van der Waals surface area contributed by atoms with Crippen molar-refractivity contribution in [2.75, 3.05) is 35.2 Å². The Balaban J connectivity index is 1.33. The largest absolute Gasteiger partial charge is 0.372 e. The first kappa shape index (κ1) is 19.2. The highest BCUT2D eigenvalue weighted by molar-refractivity contribution is 5.61. The van der Waals surface area contributed by atoms with E-state index in [-0.39, 0.29) is 5.82 Å². The van der Waals surface area contributed by atoms with Crippen LogP contribution in [-0.2, 0) is 6.42 Å². The van der Waals surface area contributed by atoms with E-state index in [1.807, 2.05) is 12.1 Å². The van der Waals surface area contributed by atoms with Gasteiger partial charge in [0.25, 0.3) is 0 Å². The van der Waals surface area contributed by atoms with Gasteiger partial charge in [-0.3, -0.25) is 0 Å². The maximum absolute atomic E-state index is 13.7. The molecule has 4 rings (SSSR count). The fraction of sp³-hybridized carbons (Fsp3) is 0.304. The zero-order chi connectivity index (χ0) is 19.9. The first-order valence-corrected chi connectivity index (χ1v) is 10.2. The molecular weight excluding hydrogens is 365 g/mol. The van der Waals surface area contributed by atoms with Crippen LogP contribution >= 0.6 is 0 Å². The van der Waals surface area contributed by atoms with Gasteiger partial charge in [0, 0.05) is 37.2 Å². The van der Waals surface area contributed by atoms with E-state index >= 15 is 0 Å². The Morgan fingerprint density at radius 3 is 2.52 bits per heavy atom. The van der Waals surface area contributed by atoms with E-state index in [1.54, 1.807) is 18.3 Å². The van der Waals surface area contributed by atoms with Crippen molar-refractivity contribution >= 4 is 23.1 Å². The SMILES string of the molecule is Fc1ccccc1CCNc1nccc(Nc2ccc(N3CCCCC3)cc2)n1. The molecule has 1 fully saturated rings. The fourth-order valence-electron chi connectivity index (χ4n) is 3.58. The van der Waals surface area contributed by atoms with Crippen LogP contribution < -0.4 is 15.5 Å². The second-order valence-electron chi connectivity index (χ2n) is 7.25. The van der Waals surface area contributed by atoms with Gasteiger partial charge >= 0.3 is 0 Å². The third kappa shape index (κ3) is 5.22. The summed E-state index contributed by atoms with van der Waals surface area (Å²) in [5, 5.41) is 6.49. The Labute approximate surface area is 171 Å². The zero-order valence-electron chi connectivity index (χ0n) is 16.4. The summed E-state index contributed by atoms with van der Waals surface area (Å²) in [6, 6.07) is 17.1. The highest BCUT2D eigenvalue weighted by atomic mass is 19.1. The molecule has 3 aromatic rings. The maximum Gasteiger partial charge on any atom is 0.224 e. The summed E-state index contributed by atoms with van der Waals surface area (Å²) in [6.45, 7) is 2.84. The van der Waals surface area contributed by atoms with E-state index < -0.39 is 0 Å². The lowest BCUT2D eigenvalue weighted by Gasteiger charge is -2.28. The Morgan fingerprint density at radius 2 is 1.72 bits per heavy atom. The molecule has 6 heteroatoms. The Morgan fingerprint density at radius 1 is 0.931 bits per heavy atom. The molecule has 0 radical (unpaired) electrons. The van der Waals surface area contributed by atoms with Crippen LogP contribution in [0.15, 0.2) is 60.8 Å². The molecule has 0 atom stereocenters. The number of hydrogen-bond acceptors (Lipinski definition) is 5. The van der Waals surface area contributed by atoms with Crippen molar-refractivity contribution in [3.05, 3.63) is 72.2 Å². The molecule has 1 saturated heterocycles. The van der Waals surface area contributed by atoms with E-state index in [9.17, 15) is 4.39 Å². The molecule has 29 heavy (non-hydrogen) atoms. The lowest BCUT2D eigenvalue weighted by atomic mass is 10.1. The average Bonchev–Trinajstić information content (AvgIpc) is 2.77. The number of rotatable bonds is 7. The van der Waals surface area contributed by atoms with Crippen molar-refractivity contribution < 1.29 is 4.39 Å². The van der Waals surface area contributed by atoms with Crippen molar-refractivity contribution in [1.29, 1.82) is 0 Å². The van der Waals surface area contributed by atoms with E-state index in [0.717, 1.165) is 24.6 Å². The number of nitrogens with zero attached hydrogens (tertiary/aromatic N) is 3. The molecule has 0 spiro atoms. The van der Waals surface area contributed by atoms with Gasteiger partial charge in [-0.15, -0.1) is 0 Å². The van der Waals surface area contributed by atoms with E-state index in [4.69, 9.17) is 0 Å². The molecule has 2 N–H and O–H groups in total. The molecule has 0 amide bonds. The topological polar surface area (TPSA) is 53.1 Å². The van der Waals surface area contributed by atoms with Gasteiger partial charge in [0.1, 0.15) is 11.6 Å². The monoisotopic (exact) mass is 391 g/mol. The number of halogens is 1. The number of benzene rings is 2. The highest BCUT2D eigenvalue weighted by Crippen LogP contribution is 2.23. The molecule has 1 aliphatic heterocycles. The van der Waals surface area contributed by atoms with E-state index in [0.29, 0.717) is 24.5 Å². The standard InChI is InChI=1S/C23H26FN5/c24-21-7-3-2-6-18(21)12-14-25-23-26-15-13-22(28-23)27-19-8-10-20(11-9-19)29-16-4-1-5-17-29/h2-3,6-11,13,15H,1,4-5,12,14,16-17H2,(H2,25,26,27,28). The number of piperidine rings is 1. The second kappa shape index (κ2) is 9.37. The molecular formula is C23H26FN5. The van der Waals surface area contributed by atoms with Crippen molar-refractivity contribution in [1.82, 2.24) is 9.97 Å². The third-order valence-electron chi connectivity index (χ3n) is 5.15. The van der Waals surface area contributed by atoms with Gasteiger partial charge in [-0.1, -0.05) is 18.2 Å². The molecule has 1 aromatic heterocycles. The minimum Gasteiger partial charge on any atom is -0.372 e. The van der Waals surface area contributed by atoms with Gasteiger partial charge in [0.15, 0.2) is 0 Å². The third-order valence-corrected chi connectivity index (χ3v) is 5.15. The van der Waals surface area contributed by atoms with Gasteiger partial charge in [-0.05, 0) is 67.6 Å². The Bertz CT molecular complexity index is 923. The van der Waals surface area contributed by atoms with Gasteiger partial charge in [0.05, 0.1) is 0 Å². The van der Waals surface area contributed by atoms with Crippen LogP contribution in [0.4, 0.5) is 27.5 Å². The minimum absolute atomic E-state index is 0.182. The van der Waals surface area contributed by atoms with E-state index in [2.05, 4.69) is 49.8 Å². The molecule has 2 heterocycles. The maximum atomic E-state index is 13.7. The summed E-state index contributed by atoms with van der Waals surface area (Å²) in [7, 11) is 0. The Kier molecular flexibility index (Phi) is 6.19. The van der Waals surface area contributed by atoms with Crippen LogP contribution in [0.3, 0.4) is 0 Å². The quantitative estimate of drug-likeness (QED) is 0.593. The van der Waals surface area contributed by atoms with Gasteiger partial charge < -0.3 is 15.5 Å². The lowest BCUT2D eigenvalue weighted by Crippen LogP contribution is -2.29. The number of nitrogens with one attached hydrogen (secondary N) is 2. The van der Waals surface area contributed by atoms with Crippen LogP contribution in [0.1, 0.15) is 24.8 Å². The molecule has 0 bridgehead atoms. The molecule has 1 aliphatic rings. The summed E-state index contributed by atoms with van der Waals surface area (Å²) in [4.78, 5) is 11.2. The van der Waals surface area contributed by atoms with Gasteiger partial charge in [0.2, 0.25) is 5.95 Å². The normalized spacial score (nSPS) is 13.9. The average molecular weight is 391 g/mol. The Hall–Kier alpha value is -3.15. The van der Waals surface area contributed by atoms with Crippen molar-refractivity contribution in [2.24, 2.45) is 0 Å². The molecule has 0 unspecified atom stereocenters. The summed E-state index contributed by atoms with van der Waals surface area (Å²) in [5.74, 6) is 1.06. The highest BCUT2D eigenvalue weighted by Gasteiger charge is 2.10. The fourth-order valence-corrected chi connectivity index (χ4v) is 3.58. The van der Waals surface area contributed by atoms with Crippen LogP contribution in [0.2, 0.25) is 0 Å². The van der Waals surface area contributed by atoms with Crippen molar-refractivity contribution in [2.45, 2.75) is 25.7 Å². The van der Waals surface area contributed by atoms with Crippen LogP contribution in [-0.4, -0.2) is 29.6 Å². The van der Waals surface area contributed by atoms with Gasteiger partial charge in [-0.25, -0.2) is 9.37 Å². The number of anilines is 4. The minimum atomic E-state index is -0.182. The van der Waals surface area contributed by atoms with Crippen molar-refractivity contribution in [3.8, 4) is 0 Å². The predicted molar refractivity (Wildman–Crippen MR) is 116 cm³/mol. The summed E-state index contributed by atoms with van der Waals surface area (Å²) >= 11 is 0. The molecule has 150 valence electrons. The smallest absolute Gasteiger partial charge is 0.224 e. The van der Waals surface area contributed by atoms with Crippen LogP contribution in [0.5, 0.6) is 0 Å². The van der Waals surface area contributed by atoms with E-state index in [1.165, 1.54) is 31.0 Å². The van der Waals surface area contributed by atoms with Crippen LogP contribution in [0, 0.1) is 5.82 Å². The van der Waals surface area contributed by atoms with Crippen molar-refractivity contribution in [3.63, 3.8) is 0 Å².